The summed E-state index contributed by atoms with van der Waals surface area (Å²) in [6.07, 6.45) is 0. The molecule has 3 N–H and O–H groups in total. The highest BCUT2D eigenvalue weighted by Crippen LogP contribution is 2.25. The average Bonchev–Trinajstić information content (AvgIpc) is 2.69. The van der Waals surface area contributed by atoms with Crippen LogP contribution < -0.4 is 11.1 Å². The molecule has 1 heterocycles. The largest absolute Gasteiger partial charge is 0.444 e. The maximum Gasteiger partial charge on any atom is 0.291 e. The summed E-state index contributed by atoms with van der Waals surface area (Å²) in [5.74, 6) is -0.0817. The minimum absolute atomic E-state index is 0.237. The Morgan fingerprint density at radius 2 is 2.00 bits per heavy atom. The number of nitrogens with one attached hydrogen (secondary N) is 1. The van der Waals surface area contributed by atoms with E-state index in [1.54, 1.807) is 30.3 Å². The fourth-order valence-electron chi connectivity index (χ4n) is 1.25. The standard InChI is InChI=1S/C11H8Br2N2O2/c12-7-5-6(14)1-2-8(7)15-11(16)9-3-4-10(13)17-9/h1-5H,14H2,(H,15,16). The van der Waals surface area contributed by atoms with Crippen LogP contribution in [0.4, 0.5) is 11.4 Å². The molecule has 0 saturated carbocycles. The van der Waals surface area contributed by atoms with E-state index in [0.29, 0.717) is 16.0 Å². The molecule has 0 aliphatic rings. The minimum atomic E-state index is -0.318. The second-order valence-corrected chi connectivity index (χ2v) is 4.93. The second-order valence-electron chi connectivity index (χ2n) is 3.30. The van der Waals surface area contributed by atoms with Gasteiger partial charge in [0, 0.05) is 10.2 Å². The van der Waals surface area contributed by atoms with Gasteiger partial charge in [0.15, 0.2) is 10.4 Å². The van der Waals surface area contributed by atoms with Gasteiger partial charge in [0.1, 0.15) is 0 Å². The number of amides is 1. The van der Waals surface area contributed by atoms with Crippen molar-refractivity contribution in [2.24, 2.45) is 0 Å². The molecule has 0 radical (unpaired) electrons. The lowest BCUT2D eigenvalue weighted by Gasteiger charge is -2.06. The fourth-order valence-corrected chi connectivity index (χ4v) is 2.06. The molecule has 4 nitrogen and oxygen atoms in total. The Hall–Kier alpha value is -1.27. The van der Waals surface area contributed by atoms with Gasteiger partial charge in [-0.05, 0) is 62.2 Å². The molecule has 1 aromatic heterocycles. The Kier molecular flexibility index (Phi) is 3.54. The molecule has 0 atom stereocenters. The van der Waals surface area contributed by atoms with Crippen molar-refractivity contribution >= 4 is 49.1 Å². The van der Waals surface area contributed by atoms with E-state index < -0.39 is 0 Å². The highest BCUT2D eigenvalue weighted by molar-refractivity contribution is 9.10. The molecular weight excluding hydrogens is 352 g/mol. The van der Waals surface area contributed by atoms with Crippen molar-refractivity contribution in [3.8, 4) is 0 Å². The third-order valence-electron chi connectivity index (χ3n) is 2.04. The zero-order chi connectivity index (χ0) is 12.4. The molecule has 0 saturated heterocycles. The maximum absolute atomic E-state index is 11.8. The molecule has 1 amide bonds. The SMILES string of the molecule is Nc1ccc(NC(=O)c2ccc(Br)o2)c(Br)c1. The van der Waals surface area contributed by atoms with Gasteiger partial charge in [0.2, 0.25) is 0 Å². The topological polar surface area (TPSA) is 68.3 Å². The first-order chi connectivity index (χ1) is 8.06. The van der Waals surface area contributed by atoms with Gasteiger partial charge in [-0.15, -0.1) is 0 Å². The highest BCUT2D eigenvalue weighted by Gasteiger charge is 2.12. The van der Waals surface area contributed by atoms with Gasteiger partial charge in [0.25, 0.3) is 5.91 Å². The van der Waals surface area contributed by atoms with Crippen LogP contribution in [0.2, 0.25) is 0 Å². The molecule has 0 bridgehead atoms. The number of furan rings is 1. The van der Waals surface area contributed by atoms with Crippen LogP contribution in [-0.4, -0.2) is 5.91 Å². The molecule has 0 aliphatic heterocycles. The summed E-state index contributed by atoms with van der Waals surface area (Å²) in [7, 11) is 0. The minimum Gasteiger partial charge on any atom is -0.444 e. The summed E-state index contributed by atoms with van der Waals surface area (Å²) in [6.45, 7) is 0. The van der Waals surface area contributed by atoms with Gasteiger partial charge in [-0.2, -0.15) is 0 Å². The number of nitrogens with two attached hydrogens (primary N) is 1. The highest BCUT2D eigenvalue weighted by atomic mass is 79.9. The summed E-state index contributed by atoms with van der Waals surface area (Å²) in [5, 5.41) is 2.71. The van der Waals surface area contributed by atoms with Crippen LogP contribution >= 0.6 is 31.9 Å². The molecule has 88 valence electrons. The predicted molar refractivity (Wildman–Crippen MR) is 72.9 cm³/mol. The van der Waals surface area contributed by atoms with Gasteiger partial charge >= 0.3 is 0 Å². The molecule has 0 unspecified atom stereocenters. The summed E-state index contributed by atoms with van der Waals surface area (Å²) >= 11 is 6.46. The van der Waals surface area contributed by atoms with Crippen LogP contribution in [0.25, 0.3) is 0 Å². The number of carbonyl (C=O) groups excluding carboxylic acids is 1. The van der Waals surface area contributed by atoms with Crippen molar-refractivity contribution in [1.82, 2.24) is 0 Å². The number of anilines is 2. The summed E-state index contributed by atoms with van der Waals surface area (Å²) < 4.78 is 6.38. The van der Waals surface area contributed by atoms with Crippen LogP contribution in [0.1, 0.15) is 10.6 Å². The van der Waals surface area contributed by atoms with Crippen LogP contribution in [0.15, 0.2) is 43.9 Å². The fraction of sp³-hybridized carbons (Fsp3) is 0. The lowest BCUT2D eigenvalue weighted by Crippen LogP contribution is -2.11. The van der Waals surface area contributed by atoms with E-state index in [9.17, 15) is 4.79 Å². The number of carbonyl (C=O) groups is 1. The van der Waals surface area contributed by atoms with Gasteiger partial charge < -0.3 is 15.5 Å². The molecule has 6 heteroatoms. The van der Waals surface area contributed by atoms with Crippen molar-refractivity contribution in [2.45, 2.75) is 0 Å². The molecule has 0 aliphatic carbocycles. The van der Waals surface area contributed by atoms with Crippen LogP contribution in [-0.2, 0) is 0 Å². The van der Waals surface area contributed by atoms with E-state index in [1.807, 2.05) is 0 Å². The third-order valence-corrected chi connectivity index (χ3v) is 3.12. The van der Waals surface area contributed by atoms with Gasteiger partial charge in [-0.25, -0.2) is 0 Å². The first-order valence-electron chi connectivity index (χ1n) is 4.68. The maximum atomic E-state index is 11.8. The first kappa shape index (κ1) is 12.2. The van der Waals surface area contributed by atoms with Crippen LogP contribution in [0.3, 0.4) is 0 Å². The number of benzene rings is 1. The smallest absolute Gasteiger partial charge is 0.291 e. The molecule has 1 aromatic carbocycles. The van der Waals surface area contributed by atoms with Crippen molar-refractivity contribution in [3.05, 3.63) is 45.2 Å². The second kappa shape index (κ2) is 4.93. The average molecular weight is 360 g/mol. The Morgan fingerprint density at radius 3 is 2.59 bits per heavy atom. The molecule has 17 heavy (non-hydrogen) atoms. The van der Waals surface area contributed by atoms with E-state index >= 15 is 0 Å². The Labute approximate surface area is 114 Å². The van der Waals surface area contributed by atoms with E-state index in [2.05, 4.69) is 37.2 Å². The molecule has 2 rings (SSSR count). The number of nitrogen functional groups attached to an aromatic ring is 1. The predicted octanol–water partition coefficient (Wildman–Crippen LogP) is 3.64. The van der Waals surface area contributed by atoms with E-state index in [-0.39, 0.29) is 11.7 Å². The van der Waals surface area contributed by atoms with Crippen LogP contribution in [0, 0.1) is 0 Å². The van der Waals surface area contributed by atoms with Gasteiger partial charge in [-0.1, -0.05) is 0 Å². The Morgan fingerprint density at radius 1 is 1.24 bits per heavy atom. The van der Waals surface area contributed by atoms with E-state index in [4.69, 9.17) is 10.2 Å². The zero-order valence-corrected chi connectivity index (χ0v) is 11.7. The molecule has 0 fully saturated rings. The molecule has 0 spiro atoms. The first-order valence-corrected chi connectivity index (χ1v) is 6.26. The summed E-state index contributed by atoms with van der Waals surface area (Å²) in [5.41, 5.74) is 6.86. The monoisotopic (exact) mass is 358 g/mol. The zero-order valence-electron chi connectivity index (χ0n) is 8.54. The lowest BCUT2D eigenvalue weighted by atomic mass is 10.3. The van der Waals surface area contributed by atoms with E-state index in [0.717, 1.165) is 4.47 Å². The number of rotatable bonds is 2. The van der Waals surface area contributed by atoms with Crippen molar-refractivity contribution in [2.75, 3.05) is 11.1 Å². The Bertz CT molecular complexity index is 566. The normalized spacial score (nSPS) is 10.2. The van der Waals surface area contributed by atoms with E-state index in [1.165, 1.54) is 0 Å². The van der Waals surface area contributed by atoms with Crippen molar-refractivity contribution < 1.29 is 9.21 Å². The summed E-state index contributed by atoms with van der Waals surface area (Å²) in [6, 6.07) is 8.39. The lowest BCUT2D eigenvalue weighted by molar-refractivity contribution is 0.0995. The molecule has 2 aromatic rings. The van der Waals surface area contributed by atoms with Crippen molar-refractivity contribution in [3.63, 3.8) is 0 Å². The number of hydrogen-bond donors (Lipinski definition) is 2. The van der Waals surface area contributed by atoms with Gasteiger partial charge in [-0.3, -0.25) is 4.79 Å². The third kappa shape index (κ3) is 2.89. The van der Waals surface area contributed by atoms with Crippen molar-refractivity contribution in [1.29, 1.82) is 0 Å². The number of hydrogen-bond acceptors (Lipinski definition) is 3. The quantitative estimate of drug-likeness (QED) is 0.804. The van der Waals surface area contributed by atoms with Gasteiger partial charge in [0.05, 0.1) is 5.69 Å². The number of halogens is 2. The summed E-state index contributed by atoms with van der Waals surface area (Å²) in [4.78, 5) is 11.8. The van der Waals surface area contributed by atoms with Crippen LogP contribution in [0.5, 0.6) is 0 Å². The molecular formula is C11H8Br2N2O2. The Balaban J connectivity index is 2.18.